The number of aryl methyl sites for hydroxylation is 1. The second-order valence-electron chi connectivity index (χ2n) is 6.57. The van der Waals surface area contributed by atoms with Crippen molar-refractivity contribution < 1.29 is 18.4 Å². The number of halogens is 2. The van der Waals surface area contributed by atoms with Crippen molar-refractivity contribution >= 4 is 34.2 Å². The molecule has 4 aromatic rings. The molecule has 3 aromatic heterocycles. The molecule has 0 saturated heterocycles. The van der Waals surface area contributed by atoms with Crippen LogP contribution in [0.2, 0.25) is 0 Å². The summed E-state index contributed by atoms with van der Waals surface area (Å²) >= 11 is 1.34. The van der Waals surface area contributed by atoms with Crippen LogP contribution < -0.4 is 11.4 Å². The lowest BCUT2D eigenvalue weighted by molar-refractivity contribution is 0.0962. The van der Waals surface area contributed by atoms with Crippen LogP contribution in [0.1, 0.15) is 27.8 Å². The summed E-state index contributed by atoms with van der Waals surface area (Å²) in [7, 11) is 0. The number of nitrogens with two attached hydrogens (primary N) is 1. The zero-order chi connectivity index (χ0) is 22.3. The van der Waals surface area contributed by atoms with Crippen molar-refractivity contribution in [3.63, 3.8) is 0 Å². The van der Waals surface area contributed by atoms with E-state index < -0.39 is 35.6 Å². The number of nitrogens with zero attached hydrogens (tertiary/aromatic N) is 4. The maximum absolute atomic E-state index is 14.1. The summed E-state index contributed by atoms with van der Waals surface area (Å²) in [6.45, 7) is 1.29. The molecule has 11 heteroatoms. The molecule has 0 aliphatic heterocycles. The van der Waals surface area contributed by atoms with E-state index in [9.17, 15) is 23.2 Å². The van der Waals surface area contributed by atoms with E-state index in [4.69, 9.17) is 5.73 Å². The number of primary amides is 1. The van der Waals surface area contributed by atoms with Crippen molar-refractivity contribution in [3.05, 3.63) is 69.1 Å². The van der Waals surface area contributed by atoms with Crippen LogP contribution in [0.3, 0.4) is 0 Å². The standard InChI is InChI=1S/C20H15F2N5O3S/c1-2-26-19-16(15(17(23)29)24-18(25-19)14-4-3-7-31-14)27(20(26)30)9-13(28)11-6-5-10(21)8-12(11)22/h3-8H,2,9H2,1H3,(H2,23,29). The highest BCUT2D eigenvalue weighted by atomic mass is 32.1. The first kappa shape index (κ1) is 20.5. The minimum absolute atomic E-state index is 0.0180. The zero-order valence-corrected chi connectivity index (χ0v) is 16.9. The predicted molar refractivity (Wildman–Crippen MR) is 110 cm³/mol. The number of amides is 1. The van der Waals surface area contributed by atoms with Crippen molar-refractivity contribution in [2.24, 2.45) is 5.73 Å². The van der Waals surface area contributed by atoms with E-state index in [1.807, 2.05) is 0 Å². The summed E-state index contributed by atoms with van der Waals surface area (Å²) in [5, 5.41) is 1.81. The average molecular weight is 443 g/mol. The number of benzene rings is 1. The second kappa shape index (κ2) is 7.84. The molecule has 2 N–H and O–H groups in total. The fourth-order valence-electron chi connectivity index (χ4n) is 3.28. The van der Waals surface area contributed by atoms with Gasteiger partial charge >= 0.3 is 5.69 Å². The Morgan fingerprint density at radius 2 is 1.94 bits per heavy atom. The third kappa shape index (κ3) is 3.52. The fourth-order valence-corrected chi connectivity index (χ4v) is 3.93. The Bertz CT molecular complexity index is 1390. The van der Waals surface area contributed by atoms with Crippen LogP contribution in [0.5, 0.6) is 0 Å². The Kier molecular flexibility index (Phi) is 5.19. The molecule has 0 aliphatic carbocycles. The first-order chi connectivity index (χ1) is 14.8. The van der Waals surface area contributed by atoms with Crippen molar-refractivity contribution in [2.45, 2.75) is 20.0 Å². The van der Waals surface area contributed by atoms with Gasteiger partial charge in [-0.2, -0.15) is 0 Å². The smallest absolute Gasteiger partial charge is 0.330 e. The lowest BCUT2D eigenvalue weighted by Crippen LogP contribution is -2.27. The molecule has 158 valence electrons. The molecular weight excluding hydrogens is 428 g/mol. The van der Waals surface area contributed by atoms with E-state index in [-0.39, 0.29) is 34.8 Å². The van der Waals surface area contributed by atoms with Crippen LogP contribution in [0.4, 0.5) is 8.78 Å². The van der Waals surface area contributed by atoms with E-state index in [2.05, 4.69) is 9.97 Å². The minimum Gasteiger partial charge on any atom is -0.364 e. The fraction of sp³-hybridized carbons (Fsp3) is 0.150. The molecule has 0 saturated carbocycles. The lowest BCUT2D eigenvalue weighted by atomic mass is 10.1. The van der Waals surface area contributed by atoms with Crippen LogP contribution >= 0.6 is 11.3 Å². The van der Waals surface area contributed by atoms with E-state index in [1.165, 1.54) is 15.9 Å². The molecule has 0 fully saturated rings. The van der Waals surface area contributed by atoms with Crippen molar-refractivity contribution in [3.8, 4) is 10.7 Å². The number of rotatable bonds is 6. The second-order valence-corrected chi connectivity index (χ2v) is 7.52. The molecule has 1 aromatic carbocycles. The first-order valence-corrected chi connectivity index (χ1v) is 10.0. The Labute approximate surface area is 177 Å². The van der Waals surface area contributed by atoms with Gasteiger partial charge in [-0.15, -0.1) is 11.3 Å². The molecule has 0 aliphatic rings. The number of carbonyl (C=O) groups excluding carboxylic acids is 2. The number of carbonyl (C=O) groups is 2. The number of fused-ring (bicyclic) bond motifs is 1. The molecule has 0 spiro atoms. The Balaban J connectivity index is 1.93. The lowest BCUT2D eigenvalue weighted by Gasteiger charge is -2.07. The van der Waals surface area contributed by atoms with Crippen molar-refractivity contribution in [1.82, 2.24) is 19.1 Å². The van der Waals surface area contributed by atoms with Gasteiger partial charge in [-0.05, 0) is 30.5 Å². The average Bonchev–Trinajstić information content (AvgIpc) is 3.34. The van der Waals surface area contributed by atoms with Gasteiger partial charge in [-0.3, -0.25) is 18.7 Å². The largest absolute Gasteiger partial charge is 0.364 e. The molecule has 31 heavy (non-hydrogen) atoms. The van der Waals surface area contributed by atoms with E-state index in [1.54, 1.807) is 24.4 Å². The number of hydrogen-bond acceptors (Lipinski definition) is 6. The number of Topliss-reactive ketones (excluding diaryl/α,β-unsaturated/α-hetero) is 1. The summed E-state index contributed by atoms with van der Waals surface area (Å²) in [6, 6.07) is 6.06. The summed E-state index contributed by atoms with van der Waals surface area (Å²) in [6.07, 6.45) is 0. The van der Waals surface area contributed by atoms with Crippen LogP contribution in [0.15, 0.2) is 40.5 Å². The molecule has 0 bridgehead atoms. The molecule has 0 atom stereocenters. The van der Waals surface area contributed by atoms with Gasteiger partial charge in [-0.1, -0.05) is 6.07 Å². The maximum Gasteiger partial charge on any atom is 0.330 e. The Hall–Kier alpha value is -3.73. The third-order valence-corrected chi connectivity index (χ3v) is 5.54. The van der Waals surface area contributed by atoms with E-state index >= 15 is 0 Å². The van der Waals surface area contributed by atoms with Crippen molar-refractivity contribution in [1.29, 1.82) is 0 Å². The zero-order valence-electron chi connectivity index (χ0n) is 16.1. The quantitative estimate of drug-likeness (QED) is 0.460. The topological polar surface area (TPSA) is 113 Å². The van der Waals surface area contributed by atoms with Gasteiger partial charge in [0, 0.05) is 12.6 Å². The van der Waals surface area contributed by atoms with E-state index in [0.29, 0.717) is 10.9 Å². The molecule has 0 radical (unpaired) electrons. The number of aromatic nitrogens is 4. The van der Waals surface area contributed by atoms with E-state index in [0.717, 1.165) is 16.7 Å². The monoisotopic (exact) mass is 443 g/mol. The molecule has 4 rings (SSSR count). The van der Waals surface area contributed by atoms with Gasteiger partial charge in [-0.25, -0.2) is 23.5 Å². The molecule has 1 amide bonds. The predicted octanol–water partition coefficient (Wildman–Crippen LogP) is 2.60. The van der Waals surface area contributed by atoms with Gasteiger partial charge in [0.25, 0.3) is 5.91 Å². The van der Waals surface area contributed by atoms with Gasteiger partial charge in [0.05, 0.1) is 17.0 Å². The third-order valence-electron chi connectivity index (χ3n) is 4.68. The number of hydrogen-bond donors (Lipinski definition) is 1. The first-order valence-electron chi connectivity index (χ1n) is 9.14. The Morgan fingerprint density at radius 3 is 2.55 bits per heavy atom. The van der Waals surface area contributed by atoms with Crippen LogP contribution in [0, 0.1) is 11.6 Å². The highest BCUT2D eigenvalue weighted by Gasteiger charge is 2.25. The van der Waals surface area contributed by atoms with Crippen molar-refractivity contribution in [2.75, 3.05) is 0 Å². The van der Waals surface area contributed by atoms with Gasteiger partial charge in [0.2, 0.25) is 0 Å². The molecule has 0 unspecified atom stereocenters. The molecular formula is C20H15F2N5O3S. The van der Waals surface area contributed by atoms with Crippen LogP contribution in [-0.2, 0) is 13.1 Å². The molecule has 8 nitrogen and oxygen atoms in total. The van der Waals surface area contributed by atoms with Gasteiger partial charge in [0.1, 0.15) is 17.2 Å². The van der Waals surface area contributed by atoms with Crippen LogP contribution in [-0.4, -0.2) is 30.8 Å². The highest BCUT2D eigenvalue weighted by molar-refractivity contribution is 7.13. The summed E-state index contributed by atoms with van der Waals surface area (Å²) in [5.74, 6) is -3.37. The maximum atomic E-state index is 14.1. The van der Waals surface area contributed by atoms with Gasteiger partial charge < -0.3 is 5.73 Å². The summed E-state index contributed by atoms with van der Waals surface area (Å²) in [5.41, 5.74) is 4.38. The molecule has 3 heterocycles. The highest BCUT2D eigenvalue weighted by Crippen LogP contribution is 2.25. The number of thiophene rings is 1. The SMILES string of the molecule is CCn1c(=O)n(CC(=O)c2ccc(F)cc2F)c2c(C(N)=O)nc(-c3cccs3)nc21. The number of ketones is 1. The normalized spacial score (nSPS) is 11.2. The summed E-state index contributed by atoms with van der Waals surface area (Å²) in [4.78, 5) is 47.2. The minimum atomic E-state index is -1.05. The van der Waals surface area contributed by atoms with Gasteiger partial charge in [0.15, 0.2) is 22.9 Å². The summed E-state index contributed by atoms with van der Waals surface area (Å²) < 4.78 is 29.5. The Morgan fingerprint density at radius 1 is 1.16 bits per heavy atom. The van der Waals surface area contributed by atoms with Crippen LogP contribution in [0.25, 0.3) is 21.9 Å². The number of imidazole rings is 1.